The predicted molar refractivity (Wildman–Crippen MR) is 121 cm³/mol. The van der Waals surface area contributed by atoms with Crippen LogP contribution in [0.5, 0.6) is 11.5 Å². The maximum atomic E-state index is 12.8. The summed E-state index contributed by atoms with van der Waals surface area (Å²) in [7, 11) is 0. The van der Waals surface area contributed by atoms with Crippen molar-refractivity contribution in [1.82, 2.24) is 10.5 Å². The van der Waals surface area contributed by atoms with Gasteiger partial charge in [-0.2, -0.15) is 0 Å². The predicted octanol–water partition coefficient (Wildman–Crippen LogP) is 6.00. The molecule has 1 N–H and O–H groups in total. The maximum Gasteiger partial charge on any atom is 0.252 e. The second kappa shape index (κ2) is 10.00. The average molecular weight is 431 g/mol. The Kier molecular flexibility index (Phi) is 6.69. The molecule has 0 atom stereocenters. The van der Waals surface area contributed by atoms with E-state index in [4.69, 9.17) is 9.26 Å². The fraction of sp³-hybridized carbons (Fsp3) is 0.120. The summed E-state index contributed by atoms with van der Waals surface area (Å²) in [6.45, 7) is 2.30. The smallest absolute Gasteiger partial charge is 0.252 e. The van der Waals surface area contributed by atoms with E-state index < -0.39 is 0 Å². The zero-order chi connectivity index (χ0) is 21.5. The number of aryl methyl sites for hydroxylation is 1. The van der Waals surface area contributed by atoms with Crippen LogP contribution in [0.1, 0.15) is 27.4 Å². The average Bonchev–Trinajstić information content (AvgIpc) is 3.22. The molecule has 0 aliphatic heterocycles. The third-order valence-electron chi connectivity index (χ3n) is 4.51. The molecule has 0 bridgehead atoms. The second-order valence-corrected chi connectivity index (χ2v) is 7.98. The van der Waals surface area contributed by atoms with Gasteiger partial charge in [-0.25, -0.2) is 0 Å². The molecule has 0 saturated carbocycles. The van der Waals surface area contributed by atoms with Crippen LogP contribution in [0.25, 0.3) is 0 Å². The van der Waals surface area contributed by atoms with Crippen molar-refractivity contribution >= 4 is 17.7 Å². The summed E-state index contributed by atoms with van der Waals surface area (Å²) < 4.78 is 11.1. The van der Waals surface area contributed by atoms with Gasteiger partial charge in [-0.1, -0.05) is 47.6 Å². The van der Waals surface area contributed by atoms with E-state index in [1.165, 1.54) is 0 Å². The molecule has 0 saturated heterocycles. The Morgan fingerprint density at radius 2 is 1.74 bits per heavy atom. The number of nitrogens with zero attached hydrogens (tertiary/aromatic N) is 1. The molecule has 4 aromatic rings. The van der Waals surface area contributed by atoms with Gasteiger partial charge in [0.1, 0.15) is 17.3 Å². The highest BCUT2D eigenvalue weighted by Crippen LogP contribution is 2.27. The first kappa shape index (κ1) is 20.8. The van der Waals surface area contributed by atoms with Crippen LogP contribution in [0, 0.1) is 6.92 Å². The van der Waals surface area contributed by atoms with Gasteiger partial charge in [-0.15, -0.1) is 11.8 Å². The first-order chi connectivity index (χ1) is 15.2. The summed E-state index contributed by atoms with van der Waals surface area (Å²) in [5, 5.41) is 6.91. The van der Waals surface area contributed by atoms with Crippen molar-refractivity contribution in [2.24, 2.45) is 0 Å². The van der Waals surface area contributed by atoms with Gasteiger partial charge >= 0.3 is 0 Å². The third-order valence-corrected chi connectivity index (χ3v) is 5.60. The number of carbonyl (C=O) groups excluding carboxylic acids is 1. The van der Waals surface area contributed by atoms with Gasteiger partial charge in [-0.05, 0) is 48.9 Å². The lowest BCUT2D eigenvalue weighted by molar-refractivity contribution is 0.0948. The van der Waals surface area contributed by atoms with Crippen LogP contribution >= 0.6 is 11.8 Å². The Labute approximate surface area is 185 Å². The lowest BCUT2D eigenvalue weighted by Crippen LogP contribution is -2.23. The molecule has 1 aromatic heterocycles. The van der Waals surface area contributed by atoms with E-state index in [1.807, 2.05) is 91.9 Å². The Balaban J connectivity index is 1.38. The first-order valence-corrected chi connectivity index (χ1v) is 10.9. The number of para-hydroxylation sites is 1. The number of thioether (sulfide) groups is 1. The van der Waals surface area contributed by atoms with Gasteiger partial charge < -0.3 is 14.6 Å². The van der Waals surface area contributed by atoms with Gasteiger partial charge in [0.15, 0.2) is 0 Å². The van der Waals surface area contributed by atoms with Crippen LogP contribution < -0.4 is 10.1 Å². The summed E-state index contributed by atoms with van der Waals surface area (Å²) in [5.41, 5.74) is 2.45. The molecule has 0 aliphatic rings. The summed E-state index contributed by atoms with van der Waals surface area (Å²) in [4.78, 5) is 13.7. The van der Waals surface area contributed by atoms with E-state index in [9.17, 15) is 4.79 Å². The van der Waals surface area contributed by atoms with Crippen molar-refractivity contribution in [1.29, 1.82) is 0 Å². The van der Waals surface area contributed by atoms with Crippen molar-refractivity contribution in [2.45, 2.75) is 24.1 Å². The topological polar surface area (TPSA) is 64.4 Å². The fourth-order valence-corrected chi connectivity index (χ4v) is 3.96. The highest BCUT2D eigenvalue weighted by Gasteiger charge is 2.12. The zero-order valence-electron chi connectivity index (χ0n) is 17.1. The van der Waals surface area contributed by atoms with Crippen molar-refractivity contribution in [3.8, 4) is 11.5 Å². The molecule has 31 heavy (non-hydrogen) atoms. The number of hydrogen-bond donors (Lipinski definition) is 1. The monoisotopic (exact) mass is 430 g/mol. The highest BCUT2D eigenvalue weighted by molar-refractivity contribution is 7.98. The molecular formula is C25H22N2O3S. The normalized spacial score (nSPS) is 10.6. The summed E-state index contributed by atoms with van der Waals surface area (Å²) in [5.74, 6) is 2.79. The Morgan fingerprint density at radius 1 is 0.968 bits per heavy atom. The van der Waals surface area contributed by atoms with Crippen LogP contribution in [0.2, 0.25) is 0 Å². The SMILES string of the molecule is Cc1cc(CSc2ccccc2C(=O)NCc2cccc(Oc3ccccc3)c2)on1. The number of aromatic nitrogens is 1. The lowest BCUT2D eigenvalue weighted by Gasteiger charge is -2.11. The molecule has 0 radical (unpaired) electrons. The van der Waals surface area contributed by atoms with Gasteiger partial charge in [0.2, 0.25) is 0 Å². The number of nitrogens with one attached hydrogen (secondary N) is 1. The minimum absolute atomic E-state index is 0.119. The standard InChI is InChI=1S/C25H22N2O3S/c1-18-14-22(30-27-18)17-31-24-13-6-5-12-23(24)25(28)26-16-19-8-7-11-21(15-19)29-20-9-3-2-4-10-20/h2-15H,16-17H2,1H3,(H,26,28). The fourth-order valence-electron chi connectivity index (χ4n) is 3.03. The molecule has 6 heteroatoms. The molecule has 1 amide bonds. The van der Waals surface area contributed by atoms with E-state index in [-0.39, 0.29) is 5.91 Å². The number of rotatable bonds is 8. The van der Waals surface area contributed by atoms with E-state index in [0.29, 0.717) is 17.9 Å². The van der Waals surface area contributed by atoms with Crippen LogP contribution in [-0.4, -0.2) is 11.1 Å². The van der Waals surface area contributed by atoms with E-state index in [1.54, 1.807) is 11.8 Å². The molecule has 1 heterocycles. The molecule has 0 fully saturated rings. The van der Waals surface area contributed by atoms with E-state index >= 15 is 0 Å². The minimum atomic E-state index is -0.119. The first-order valence-electron chi connectivity index (χ1n) is 9.91. The minimum Gasteiger partial charge on any atom is -0.457 e. The number of amides is 1. The quantitative estimate of drug-likeness (QED) is 0.348. The molecule has 0 unspecified atom stereocenters. The molecule has 4 rings (SSSR count). The van der Waals surface area contributed by atoms with Gasteiger partial charge in [0.25, 0.3) is 5.91 Å². The van der Waals surface area contributed by atoms with Crippen LogP contribution in [0.3, 0.4) is 0 Å². The van der Waals surface area contributed by atoms with E-state index in [2.05, 4.69) is 10.5 Å². The molecule has 3 aromatic carbocycles. The number of benzene rings is 3. The Bertz CT molecular complexity index is 1160. The van der Waals surface area contributed by atoms with Gasteiger partial charge in [0, 0.05) is 17.5 Å². The molecule has 0 aliphatic carbocycles. The number of carbonyl (C=O) groups is 1. The van der Waals surface area contributed by atoms with Crippen LogP contribution in [-0.2, 0) is 12.3 Å². The van der Waals surface area contributed by atoms with Gasteiger partial charge in [0.05, 0.1) is 17.0 Å². The summed E-state index contributed by atoms with van der Waals surface area (Å²) in [6, 6.07) is 26.8. The third kappa shape index (κ3) is 5.77. The number of ether oxygens (including phenoxy) is 1. The van der Waals surface area contributed by atoms with E-state index in [0.717, 1.165) is 33.4 Å². The lowest BCUT2D eigenvalue weighted by atomic mass is 10.2. The largest absolute Gasteiger partial charge is 0.457 e. The van der Waals surface area contributed by atoms with Crippen LogP contribution in [0.15, 0.2) is 94.3 Å². The van der Waals surface area contributed by atoms with Crippen molar-refractivity contribution in [3.63, 3.8) is 0 Å². The maximum absolute atomic E-state index is 12.8. The second-order valence-electron chi connectivity index (χ2n) is 6.96. The molecule has 0 spiro atoms. The summed E-state index contributed by atoms with van der Waals surface area (Å²) >= 11 is 1.55. The van der Waals surface area contributed by atoms with Crippen molar-refractivity contribution in [2.75, 3.05) is 0 Å². The molecule has 5 nitrogen and oxygen atoms in total. The van der Waals surface area contributed by atoms with Crippen LogP contribution in [0.4, 0.5) is 0 Å². The molecular weight excluding hydrogens is 408 g/mol. The molecule has 156 valence electrons. The zero-order valence-corrected chi connectivity index (χ0v) is 17.9. The van der Waals surface area contributed by atoms with Crippen molar-refractivity contribution < 1.29 is 14.1 Å². The van der Waals surface area contributed by atoms with Gasteiger partial charge in [-0.3, -0.25) is 4.79 Å². The Morgan fingerprint density at radius 3 is 2.55 bits per heavy atom. The highest BCUT2D eigenvalue weighted by atomic mass is 32.2. The summed E-state index contributed by atoms with van der Waals surface area (Å²) in [6.07, 6.45) is 0. The van der Waals surface area contributed by atoms with Crippen molar-refractivity contribution in [3.05, 3.63) is 108 Å². The number of hydrogen-bond acceptors (Lipinski definition) is 5. The Hall–Kier alpha value is -3.51.